The van der Waals surface area contributed by atoms with Gasteiger partial charge < -0.3 is 15.8 Å². The molecular weight excluding hydrogens is 204 g/mol. The van der Waals surface area contributed by atoms with Crippen LogP contribution in [-0.2, 0) is 11.8 Å². The molecule has 90 valence electrons. The molecule has 0 bridgehead atoms. The third-order valence-corrected chi connectivity index (χ3v) is 3.45. The average molecular weight is 224 g/mol. The Morgan fingerprint density at radius 1 is 1.56 bits per heavy atom. The summed E-state index contributed by atoms with van der Waals surface area (Å²) in [5.74, 6) is 1.04. The average Bonchev–Trinajstić information content (AvgIpc) is 2.74. The quantitative estimate of drug-likeness (QED) is 0.785. The summed E-state index contributed by atoms with van der Waals surface area (Å²) in [6.07, 6.45) is 3.87. The number of nitrogens with one attached hydrogen (secondary N) is 1. The van der Waals surface area contributed by atoms with Gasteiger partial charge in [-0.3, -0.25) is 4.68 Å². The van der Waals surface area contributed by atoms with Crippen molar-refractivity contribution in [1.82, 2.24) is 9.78 Å². The number of anilines is 1. The van der Waals surface area contributed by atoms with E-state index in [0.29, 0.717) is 6.54 Å². The van der Waals surface area contributed by atoms with Crippen LogP contribution in [0.25, 0.3) is 0 Å². The van der Waals surface area contributed by atoms with Gasteiger partial charge in [0.05, 0.1) is 6.20 Å². The lowest BCUT2D eigenvalue weighted by atomic mass is 9.80. The molecule has 5 heteroatoms. The van der Waals surface area contributed by atoms with Gasteiger partial charge in [0, 0.05) is 38.3 Å². The van der Waals surface area contributed by atoms with E-state index >= 15 is 0 Å². The molecule has 0 spiro atoms. The smallest absolute Gasteiger partial charge is 0.123 e. The van der Waals surface area contributed by atoms with Gasteiger partial charge >= 0.3 is 0 Å². The Hall–Kier alpha value is -1.07. The van der Waals surface area contributed by atoms with Crippen LogP contribution in [0.4, 0.5) is 5.82 Å². The Balaban J connectivity index is 1.94. The number of hydrogen-bond donors (Lipinski definition) is 2. The van der Waals surface area contributed by atoms with Crippen LogP contribution in [0.15, 0.2) is 12.3 Å². The largest absolute Gasteiger partial charge is 0.381 e. The molecule has 0 atom stereocenters. The number of nitrogens with two attached hydrogens (primary N) is 1. The molecule has 16 heavy (non-hydrogen) atoms. The molecule has 0 unspecified atom stereocenters. The summed E-state index contributed by atoms with van der Waals surface area (Å²) in [5, 5.41) is 7.55. The van der Waals surface area contributed by atoms with Crippen molar-refractivity contribution in [1.29, 1.82) is 0 Å². The lowest BCUT2D eigenvalue weighted by Gasteiger charge is -2.36. The number of rotatable bonds is 4. The van der Waals surface area contributed by atoms with Crippen LogP contribution in [-0.4, -0.2) is 36.1 Å². The molecule has 1 saturated heterocycles. The van der Waals surface area contributed by atoms with Crippen LogP contribution in [0.1, 0.15) is 12.8 Å². The summed E-state index contributed by atoms with van der Waals surface area (Å²) >= 11 is 0. The molecule has 1 aromatic rings. The molecule has 5 nitrogen and oxygen atoms in total. The first kappa shape index (κ1) is 11.4. The fourth-order valence-corrected chi connectivity index (χ4v) is 2.08. The summed E-state index contributed by atoms with van der Waals surface area (Å²) in [7, 11) is 1.93. The number of ether oxygens (including phenoxy) is 1. The standard InChI is InChI=1S/C11H20N4O/c1-15-10(2-5-14-15)13-9-11(8-12)3-6-16-7-4-11/h2,5,13H,3-4,6-9,12H2,1H3. The highest BCUT2D eigenvalue weighted by Gasteiger charge is 2.31. The lowest BCUT2D eigenvalue weighted by molar-refractivity contribution is 0.0252. The molecule has 0 aromatic carbocycles. The third kappa shape index (κ3) is 2.36. The first-order valence-electron chi connectivity index (χ1n) is 5.75. The number of aryl methyl sites for hydroxylation is 1. The van der Waals surface area contributed by atoms with Gasteiger partial charge in [-0.05, 0) is 19.4 Å². The van der Waals surface area contributed by atoms with Gasteiger partial charge in [-0.2, -0.15) is 5.10 Å². The maximum Gasteiger partial charge on any atom is 0.123 e. The zero-order valence-electron chi connectivity index (χ0n) is 9.78. The minimum Gasteiger partial charge on any atom is -0.381 e. The second-order valence-electron chi connectivity index (χ2n) is 4.51. The SMILES string of the molecule is Cn1nccc1NCC1(CN)CCOCC1. The van der Waals surface area contributed by atoms with Crippen molar-refractivity contribution in [2.75, 3.05) is 31.6 Å². The van der Waals surface area contributed by atoms with Crippen molar-refractivity contribution < 1.29 is 4.74 Å². The van der Waals surface area contributed by atoms with Crippen LogP contribution in [0.5, 0.6) is 0 Å². The second-order valence-corrected chi connectivity index (χ2v) is 4.51. The summed E-state index contributed by atoms with van der Waals surface area (Å²) in [4.78, 5) is 0. The van der Waals surface area contributed by atoms with E-state index in [1.54, 1.807) is 6.20 Å². The van der Waals surface area contributed by atoms with Crippen molar-refractivity contribution in [3.63, 3.8) is 0 Å². The molecule has 2 heterocycles. The van der Waals surface area contributed by atoms with Gasteiger partial charge in [0.1, 0.15) is 5.82 Å². The normalized spacial score (nSPS) is 19.6. The van der Waals surface area contributed by atoms with E-state index in [9.17, 15) is 0 Å². The van der Waals surface area contributed by atoms with Crippen molar-refractivity contribution in [3.05, 3.63) is 12.3 Å². The molecule has 0 saturated carbocycles. The number of aromatic nitrogens is 2. The van der Waals surface area contributed by atoms with Crippen molar-refractivity contribution >= 4 is 5.82 Å². The molecule has 0 amide bonds. The van der Waals surface area contributed by atoms with Crippen LogP contribution in [0.2, 0.25) is 0 Å². The molecule has 0 aliphatic carbocycles. The van der Waals surface area contributed by atoms with E-state index in [0.717, 1.165) is 38.4 Å². The van der Waals surface area contributed by atoms with Crippen molar-refractivity contribution in [3.8, 4) is 0 Å². The summed E-state index contributed by atoms with van der Waals surface area (Å²) in [5.41, 5.74) is 6.08. The van der Waals surface area contributed by atoms with Crippen LogP contribution >= 0.6 is 0 Å². The Kier molecular flexibility index (Phi) is 3.46. The fraction of sp³-hybridized carbons (Fsp3) is 0.727. The predicted octanol–water partition coefficient (Wildman–Crippen LogP) is 0.587. The maximum atomic E-state index is 5.90. The molecule has 3 N–H and O–H groups in total. The number of nitrogens with zero attached hydrogens (tertiary/aromatic N) is 2. The Bertz CT molecular complexity index is 330. The first-order chi connectivity index (χ1) is 7.76. The Morgan fingerprint density at radius 3 is 2.88 bits per heavy atom. The summed E-state index contributed by atoms with van der Waals surface area (Å²) in [6, 6.07) is 1.98. The molecule has 1 aromatic heterocycles. The van der Waals surface area contributed by atoms with Gasteiger partial charge in [-0.15, -0.1) is 0 Å². The lowest BCUT2D eigenvalue weighted by Crippen LogP contribution is -2.42. The van der Waals surface area contributed by atoms with Gasteiger partial charge in [0.15, 0.2) is 0 Å². The monoisotopic (exact) mass is 224 g/mol. The van der Waals surface area contributed by atoms with E-state index < -0.39 is 0 Å². The fourth-order valence-electron chi connectivity index (χ4n) is 2.08. The predicted molar refractivity (Wildman–Crippen MR) is 63.2 cm³/mol. The summed E-state index contributed by atoms with van der Waals surface area (Å²) in [6.45, 7) is 3.25. The van der Waals surface area contributed by atoms with Crippen LogP contribution < -0.4 is 11.1 Å². The highest BCUT2D eigenvalue weighted by Crippen LogP contribution is 2.29. The molecule has 1 aliphatic rings. The maximum absolute atomic E-state index is 5.90. The molecule has 2 rings (SSSR count). The van der Waals surface area contributed by atoms with E-state index in [-0.39, 0.29) is 5.41 Å². The Labute approximate surface area is 96.0 Å². The topological polar surface area (TPSA) is 65.1 Å². The first-order valence-corrected chi connectivity index (χ1v) is 5.75. The summed E-state index contributed by atoms with van der Waals surface area (Å²) < 4.78 is 7.22. The zero-order chi connectivity index (χ0) is 11.4. The molecule has 1 aliphatic heterocycles. The highest BCUT2D eigenvalue weighted by atomic mass is 16.5. The molecular formula is C11H20N4O. The zero-order valence-corrected chi connectivity index (χ0v) is 9.78. The van der Waals surface area contributed by atoms with E-state index in [1.165, 1.54) is 0 Å². The van der Waals surface area contributed by atoms with Gasteiger partial charge in [-0.1, -0.05) is 0 Å². The minimum atomic E-state index is 0.183. The van der Waals surface area contributed by atoms with E-state index in [4.69, 9.17) is 10.5 Å². The van der Waals surface area contributed by atoms with E-state index in [1.807, 2.05) is 17.8 Å². The third-order valence-electron chi connectivity index (χ3n) is 3.45. The van der Waals surface area contributed by atoms with Gasteiger partial charge in [0.2, 0.25) is 0 Å². The van der Waals surface area contributed by atoms with Crippen LogP contribution in [0, 0.1) is 5.41 Å². The van der Waals surface area contributed by atoms with Gasteiger partial charge in [-0.25, -0.2) is 0 Å². The number of hydrogen-bond acceptors (Lipinski definition) is 4. The minimum absolute atomic E-state index is 0.183. The van der Waals surface area contributed by atoms with E-state index in [2.05, 4.69) is 10.4 Å². The Morgan fingerprint density at radius 2 is 2.31 bits per heavy atom. The second kappa shape index (κ2) is 4.84. The molecule has 1 fully saturated rings. The van der Waals surface area contributed by atoms with Crippen molar-refractivity contribution in [2.45, 2.75) is 12.8 Å². The van der Waals surface area contributed by atoms with Crippen molar-refractivity contribution in [2.24, 2.45) is 18.2 Å². The van der Waals surface area contributed by atoms with Crippen LogP contribution in [0.3, 0.4) is 0 Å². The highest BCUT2D eigenvalue weighted by molar-refractivity contribution is 5.33. The molecule has 0 radical (unpaired) electrons. The van der Waals surface area contributed by atoms with Gasteiger partial charge in [0.25, 0.3) is 0 Å².